The van der Waals surface area contributed by atoms with E-state index in [2.05, 4.69) is 31.2 Å². The van der Waals surface area contributed by atoms with Crippen molar-refractivity contribution in [3.63, 3.8) is 0 Å². The summed E-state index contributed by atoms with van der Waals surface area (Å²) < 4.78 is 5.44. The van der Waals surface area contributed by atoms with Gasteiger partial charge in [0, 0.05) is 11.4 Å². The number of hydrogen-bond donors (Lipinski definition) is 1. The van der Waals surface area contributed by atoms with Crippen molar-refractivity contribution in [2.75, 3.05) is 7.11 Å². The van der Waals surface area contributed by atoms with Crippen molar-refractivity contribution in [1.82, 2.24) is 0 Å². The van der Waals surface area contributed by atoms with E-state index in [4.69, 9.17) is 10.5 Å². The summed E-state index contributed by atoms with van der Waals surface area (Å²) in [4.78, 5) is 0. The average molecular weight is 255 g/mol. The summed E-state index contributed by atoms with van der Waals surface area (Å²) in [6.07, 6.45) is 2.67. The topological polar surface area (TPSA) is 35.2 Å². The molecule has 1 aliphatic rings. The molecule has 0 saturated heterocycles. The lowest BCUT2D eigenvalue weighted by Gasteiger charge is -2.22. The van der Waals surface area contributed by atoms with Crippen LogP contribution in [0.2, 0.25) is 0 Å². The highest BCUT2D eigenvalue weighted by atomic mass is 16.5. The number of rotatable bonds is 4. The van der Waals surface area contributed by atoms with Crippen molar-refractivity contribution in [3.8, 4) is 5.75 Å². The Kier molecular flexibility index (Phi) is 3.19. The summed E-state index contributed by atoms with van der Waals surface area (Å²) >= 11 is 0. The minimum Gasteiger partial charge on any atom is -0.496 e. The Labute approximate surface area is 114 Å². The van der Waals surface area contributed by atoms with Gasteiger partial charge in [0.2, 0.25) is 0 Å². The van der Waals surface area contributed by atoms with E-state index < -0.39 is 0 Å². The van der Waals surface area contributed by atoms with Crippen LogP contribution in [0, 0.1) is 11.8 Å². The second kappa shape index (κ2) is 4.86. The molecule has 1 fully saturated rings. The molecule has 0 aromatic heterocycles. The maximum absolute atomic E-state index is 6.50. The van der Waals surface area contributed by atoms with Gasteiger partial charge in [-0.25, -0.2) is 0 Å². The van der Waals surface area contributed by atoms with Gasteiger partial charge in [-0.05, 0) is 41.7 Å². The van der Waals surface area contributed by atoms with Gasteiger partial charge in [0.15, 0.2) is 0 Å². The molecule has 2 aromatic carbocycles. The minimum absolute atomic E-state index is 0.114. The fraction of sp³-hybridized carbons (Fsp3) is 0.412. The van der Waals surface area contributed by atoms with Crippen LogP contribution >= 0.6 is 0 Å². The van der Waals surface area contributed by atoms with Crippen LogP contribution in [0.25, 0.3) is 10.8 Å². The predicted molar refractivity (Wildman–Crippen MR) is 79.3 cm³/mol. The normalized spacial score (nSPS) is 18.3. The van der Waals surface area contributed by atoms with E-state index in [0.29, 0.717) is 5.92 Å². The van der Waals surface area contributed by atoms with Gasteiger partial charge in [-0.3, -0.25) is 0 Å². The molecule has 100 valence electrons. The Morgan fingerprint density at radius 1 is 1.11 bits per heavy atom. The fourth-order valence-electron chi connectivity index (χ4n) is 2.96. The molecule has 3 rings (SSSR count). The highest BCUT2D eigenvalue weighted by Crippen LogP contribution is 2.43. The first kappa shape index (κ1) is 12.5. The lowest BCUT2D eigenvalue weighted by atomic mass is 9.88. The van der Waals surface area contributed by atoms with Crippen molar-refractivity contribution in [1.29, 1.82) is 0 Å². The number of ether oxygens (including phenoxy) is 1. The molecule has 0 aliphatic heterocycles. The zero-order chi connectivity index (χ0) is 13.4. The highest BCUT2D eigenvalue weighted by molar-refractivity contribution is 5.91. The first-order valence-corrected chi connectivity index (χ1v) is 7.03. The van der Waals surface area contributed by atoms with Crippen LogP contribution in [-0.4, -0.2) is 7.11 Å². The molecule has 0 amide bonds. The first-order valence-electron chi connectivity index (χ1n) is 7.03. The third-order valence-electron chi connectivity index (χ3n) is 4.43. The summed E-state index contributed by atoms with van der Waals surface area (Å²) in [5.41, 5.74) is 7.74. The van der Waals surface area contributed by atoms with E-state index in [1.165, 1.54) is 23.8 Å². The molecule has 0 bridgehead atoms. The number of methoxy groups -OCH3 is 1. The molecule has 2 aromatic rings. The zero-order valence-electron chi connectivity index (χ0n) is 11.6. The van der Waals surface area contributed by atoms with E-state index in [1.54, 1.807) is 7.11 Å². The van der Waals surface area contributed by atoms with Gasteiger partial charge in [-0.2, -0.15) is 0 Å². The Bertz CT molecular complexity index is 589. The molecule has 1 aliphatic carbocycles. The Morgan fingerprint density at radius 3 is 2.42 bits per heavy atom. The van der Waals surface area contributed by atoms with Crippen molar-refractivity contribution in [3.05, 3.63) is 42.0 Å². The van der Waals surface area contributed by atoms with Crippen LogP contribution in [0.4, 0.5) is 0 Å². The fourth-order valence-corrected chi connectivity index (χ4v) is 2.96. The lowest BCUT2D eigenvalue weighted by Crippen LogP contribution is -2.20. The van der Waals surface area contributed by atoms with E-state index in [9.17, 15) is 0 Å². The molecule has 2 unspecified atom stereocenters. The Hall–Kier alpha value is -1.54. The van der Waals surface area contributed by atoms with Crippen molar-refractivity contribution in [2.45, 2.75) is 25.8 Å². The van der Waals surface area contributed by atoms with Gasteiger partial charge in [0.1, 0.15) is 5.75 Å². The number of benzene rings is 2. The largest absolute Gasteiger partial charge is 0.496 e. The summed E-state index contributed by atoms with van der Waals surface area (Å²) in [5, 5.41) is 2.38. The van der Waals surface area contributed by atoms with Gasteiger partial charge < -0.3 is 10.5 Å². The molecular weight excluding hydrogens is 234 g/mol. The summed E-state index contributed by atoms with van der Waals surface area (Å²) in [5.74, 6) is 2.29. The van der Waals surface area contributed by atoms with E-state index in [1.807, 2.05) is 12.1 Å². The van der Waals surface area contributed by atoms with Crippen LogP contribution < -0.4 is 10.5 Å². The highest BCUT2D eigenvalue weighted by Gasteiger charge is 2.32. The molecule has 1 saturated carbocycles. The van der Waals surface area contributed by atoms with Crippen molar-refractivity contribution < 1.29 is 4.74 Å². The average Bonchev–Trinajstić information content (AvgIpc) is 3.29. The van der Waals surface area contributed by atoms with Gasteiger partial charge in [0.25, 0.3) is 0 Å². The number of hydrogen-bond acceptors (Lipinski definition) is 2. The summed E-state index contributed by atoms with van der Waals surface area (Å²) in [6, 6.07) is 12.6. The van der Waals surface area contributed by atoms with Gasteiger partial charge in [-0.1, -0.05) is 37.3 Å². The second-order valence-corrected chi connectivity index (χ2v) is 5.62. The monoisotopic (exact) mass is 255 g/mol. The lowest BCUT2D eigenvalue weighted by molar-refractivity contribution is 0.414. The van der Waals surface area contributed by atoms with Crippen LogP contribution in [0.5, 0.6) is 5.75 Å². The zero-order valence-corrected chi connectivity index (χ0v) is 11.6. The van der Waals surface area contributed by atoms with Crippen molar-refractivity contribution >= 4 is 10.8 Å². The smallest absolute Gasteiger partial charge is 0.126 e. The second-order valence-electron chi connectivity index (χ2n) is 5.62. The predicted octanol–water partition coefficient (Wildman–Crippen LogP) is 3.89. The number of fused-ring (bicyclic) bond motifs is 1. The molecule has 2 atom stereocenters. The standard InChI is InChI=1S/C17H21NO/c1-11(12-7-8-12)17(18)15-9-10-16(19-2)14-6-4-3-5-13(14)15/h3-6,9-12,17H,7-8,18H2,1-2H3. The maximum Gasteiger partial charge on any atom is 0.126 e. The SMILES string of the molecule is COc1ccc(C(N)C(C)C2CC2)c2ccccc12. The summed E-state index contributed by atoms with van der Waals surface area (Å²) in [6.45, 7) is 2.28. The molecule has 0 heterocycles. The molecule has 2 nitrogen and oxygen atoms in total. The summed E-state index contributed by atoms with van der Waals surface area (Å²) in [7, 11) is 1.72. The van der Waals surface area contributed by atoms with E-state index >= 15 is 0 Å². The van der Waals surface area contributed by atoms with Crippen LogP contribution in [0.1, 0.15) is 31.4 Å². The Morgan fingerprint density at radius 2 is 1.79 bits per heavy atom. The van der Waals surface area contributed by atoms with Gasteiger partial charge in [-0.15, -0.1) is 0 Å². The van der Waals surface area contributed by atoms with Crippen LogP contribution in [-0.2, 0) is 0 Å². The third kappa shape index (κ3) is 2.21. The first-order chi connectivity index (χ1) is 9.22. The number of nitrogens with two attached hydrogens (primary N) is 1. The van der Waals surface area contributed by atoms with E-state index in [-0.39, 0.29) is 6.04 Å². The maximum atomic E-state index is 6.50. The quantitative estimate of drug-likeness (QED) is 0.899. The molecular formula is C17H21NO. The van der Waals surface area contributed by atoms with Gasteiger partial charge in [0.05, 0.1) is 7.11 Å². The molecule has 19 heavy (non-hydrogen) atoms. The van der Waals surface area contributed by atoms with Gasteiger partial charge >= 0.3 is 0 Å². The Balaban J connectivity index is 2.08. The van der Waals surface area contributed by atoms with E-state index in [0.717, 1.165) is 17.1 Å². The van der Waals surface area contributed by atoms with Crippen LogP contribution in [0.3, 0.4) is 0 Å². The molecule has 0 radical (unpaired) electrons. The van der Waals surface area contributed by atoms with Crippen LogP contribution in [0.15, 0.2) is 36.4 Å². The third-order valence-corrected chi connectivity index (χ3v) is 4.43. The molecule has 2 heteroatoms. The minimum atomic E-state index is 0.114. The molecule has 0 spiro atoms. The van der Waals surface area contributed by atoms with Crippen molar-refractivity contribution in [2.24, 2.45) is 17.6 Å². The molecule has 2 N–H and O–H groups in total.